The van der Waals surface area contributed by atoms with Gasteiger partial charge in [-0.05, 0) is 70.9 Å². The zero-order valence-electron chi connectivity index (χ0n) is 19.5. The largest absolute Gasteiger partial charge is 0.463 e. The van der Waals surface area contributed by atoms with E-state index in [0.717, 1.165) is 5.56 Å². The minimum atomic E-state index is -3.94. The van der Waals surface area contributed by atoms with Crippen molar-refractivity contribution in [2.45, 2.75) is 70.1 Å². The molecule has 1 atom stereocenters. The lowest BCUT2D eigenvalue weighted by molar-refractivity contribution is -0.147. The van der Waals surface area contributed by atoms with Crippen LogP contribution in [0.1, 0.15) is 46.6 Å². The van der Waals surface area contributed by atoms with Crippen LogP contribution in [0.15, 0.2) is 59.5 Å². The molecule has 2 aromatic carbocycles. The normalized spacial score (nSPS) is 12.7. The number of amides is 1. The highest BCUT2D eigenvalue weighted by atomic mass is 32.2. The molecule has 0 spiro atoms. The number of nitrogens with one attached hydrogen (secondary N) is 1. The molecule has 0 radical (unpaired) electrons. The van der Waals surface area contributed by atoms with Gasteiger partial charge in [0.25, 0.3) is 0 Å². The summed E-state index contributed by atoms with van der Waals surface area (Å²) in [6.45, 7) is 8.73. The Bertz CT molecular complexity index is 1030. The molecule has 2 rings (SSSR count). The summed E-state index contributed by atoms with van der Waals surface area (Å²) >= 11 is 0. The highest BCUT2D eigenvalue weighted by Gasteiger charge is 2.23. The maximum Gasteiger partial charge on any atom is 0.407 e. The fourth-order valence-corrected chi connectivity index (χ4v) is 3.84. The third-order valence-corrected chi connectivity index (χ3v) is 5.41. The van der Waals surface area contributed by atoms with Gasteiger partial charge in [-0.2, -0.15) is 8.42 Å². The van der Waals surface area contributed by atoms with Crippen molar-refractivity contribution in [3.8, 4) is 5.75 Å². The van der Waals surface area contributed by atoms with E-state index in [9.17, 15) is 18.0 Å². The Hall–Kier alpha value is -3.07. The molecule has 0 saturated carbocycles. The zero-order chi connectivity index (χ0) is 24.6. The summed E-state index contributed by atoms with van der Waals surface area (Å²) in [7, 11) is -3.94. The molecule has 1 unspecified atom stereocenters. The molecular weight excluding hydrogens is 446 g/mol. The number of hydrogen-bond acceptors (Lipinski definition) is 7. The summed E-state index contributed by atoms with van der Waals surface area (Å²) in [5.74, 6) is -0.293. The number of esters is 1. The zero-order valence-corrected chi connectivity index (χ0v) is 20.3. The first-order chi connectivity index (χ1) is 15.3. The monoisotopic (exact) mass is 477 g/mol. The molecule has 0 aliphatic carbocycles. The van der Waals surface area contributed by atoms with Crippen molar-refractivity contribution >= 4 is 22.2 Å². The number of benzene rings is 2. The Kier molecular flexibility index (Phi) is 8.87. The highest BCUT2D eigenvalue weighted by Crippen LogP contribution is 2.20. The average Bonchev–Trinajstić information content (AvgIpc) is 2.67. The number of carbonyl (C=O) groups excluding carboxylic acids is 2. The van der Waals surface area contributed by atoms with E-state index >= 15 is 0 Å². The van der Waals surface area contributed by atoms with Crippen molar-refractivity contribution in [2.75, 3.05) is 0 Å². The first-order valence-electron chi connectivity index (χ1n) is 10.6. The van der Waals surface area contributed by atoms with Crippen LogP contribution < -0.4 is 9.50 Å². The maximum absolute atomic E-state index is 12.4. The number of ether oxygens (including phenoxy) is 2. The molecule has 0 heterocycles. The first kappa shape index (κ1) is 26.2. The second-order valence-corrected chi connectivity index (χ2v) is 10.3. The summed E-state index contributed by atoms with van der Waals surface area (Å²) in [6, 6.07) is 13.7. The third-order valence-electron chi connectivity index (χ3n) is 4.14. The molecule has 180 valence electrons. The Balaban J connectivity index is 2.09. The number of alkyl carbamates (subject to hydrolysis) is 1. The Morgan fingerprint density at radius 1 is 0.970 bits per heavy atom. The predicted octanol–water partition coefficient (Wildman–Crippen LogP) is 4.23. The second kappa shape index (κ2) is 11.2. The van der Waals surface area contributed by atoms with Crippen LogP contribution in [-0.2, 0) is 30.8 Å². The molecule has 2 aromatic rings. The van der Waals surface area contributed by atoms with Gasteiger partial charge < -0.3 is 19.0 Å². The van der Waals surface area contributed by atoms with Gasteiger partial charge in [-0.25, -0.2) is 4.79 Å². The van der Waals surface area contributed by atoms with Gasteiger partial charge in [0.15, 0.2) is 0 Å². The summed E-state index contributed by atoms with van der Waals surface area (Å²) in [5.41, 5.74) is 0.0777. The number of rotatable bonds is 9. The van der Waals surface area contributed by atoms with Crippen molar-refractivity contribution in [1.29, 1.82) is 0 Å². The van der Waals surface area contributed by atoms with Crippen LogP contribution in [0.25, 0.3) is 0 Å². The van der Waals surface area contributed by atoms with E-state index in [-0.39, 0.29) is 23.2 Å². The van der Waals surface area contributed by atoms with Crippen LogP contribution >= 0.6 is 0 Å². The summed E-state index contributed by atoms with van der Waals surface area (Å²) in [4.78, 5) is 24.5. The van der Waals surface area contributed by atoms with Crippen LogP contribution in [0.5, 0.6) is 5.75 Å². The lowest BCUT2D eigenvalue weighted by Gasteiger charge is -2.23. The summed E-state index contributed by atoms with van der Waals surface area (Å²) in [6.07, 6.45) is -0.655. The van der Waals surface area contributed by atoms with Crippen molar-refractivity contribution in [2.24, 2.45) is 0 Å². The topological polar surface area (TPSA) is 108 Å². The van der Waals surface area contributed by atoms with E-state index in [2.05, 4.69) is 5.32 Å². The minimum absolute atomic E-state index is 0.0436. The maximum atomic E-state index is 12.4. The molecule has 0 saturated heterocycles. The second-order valence-electron chi connectivity index (χ2n) is 8.78. The van der Waals surface area contributed by atoms with Gasteiger partial charge in [0, 0.05) is 6.04 Å². The van der Waals surface area contributed by atoms with Crippen LogP contribution in [0, 0.1) is 0 Å². The van der Waals surface area contributed by atoms with E-state index in [4.69, 9.17) is 13.7 Å². The fourth-order valence-electron chi connectivity index (χ4n) is 2.89. The predicted molar refractivity (Wildman–Crippen MR) is 123 cm³/mol. The summed E-state index contributed by atoms with van der Waals surface area (Å²) < 4.78 is 40.4. The van der Waals surface area contributed by atoms with E-state index in [1.807, 2.05) is 0 Å². The van der Waals surface area contributed by atoms with Crippen LogP contribution in [-0.4, -0.2) is 38.2 Å². The van der Waals surface area contributed by atoms with Gasteiger partial charge in [-0.15, -0.1) is 0 Å². The highest BCUT2D eigenvalue weighted by molar-refractivity contribution is 7.87. The van der Waals surface area contributed by atoms with Gasteiger partial charge in [0.05, 0.1) is 12.5 Å². The van der Waals surface area contributed by atoms with Gasteiger partial charge in [-0.1, -0.05) is 30.3 Å². The molecule has 9 heteroatoms. The quantitative estimate of drug-likeness (QED) is 0.425. The van der Waals surface area contributed by atoms with Gasteiger partial charge >= 0.3 is 22.2 Å². The molecule has 1 N–H and O–H groups in total. The molecule has 0 bridgehead atoms. The van der Waals surface area contributed by atoms with E-state index in [1.54, 1.807) is 65.0 Å². The van der Waals surface area contributed by atoms with Crippen LogP contribution in [0.3, 0.4) is 0 Å². The van der Waals surface area contributed by atoms with Crippen molar-refractivity contribution in [3.63, 3.8) is 0 Å². The molecule has 33 heavy (non-hydrogen) atoms. The average molecular weight is 478 g/mol. The standard InChI is InChI=1S/C24H31NO7S/c1-17(2)30-22(26)16-19(25-23(27)31-24(3,4)5)15-18-11-13-20(14-12-18)32-33(28,29)21-9-7-6-8-10-21/h6-14,17,19H,15-16H2,1-5H3,(H,25,27). The van der Waals surface area contributed by atoms with Crippen LogP contribution in [0.4, 0.5) is 4.79 Å². The van der Waals surface area contributed by atoms with Gasteiger partial charge in [0.2, 0.25) is 0 Å². The number of hydrogen-bond donors (Lipinski definition) is 1. The lowest BCUT2D eigenvalue weighted by Crippen LogP contribution is -2.41. The van der Waals surface area contributed by atoms with Gasteiger partial charge in [0.1, 0.15) is 16.2 Å². The molecular formula is C24H31NO7S. The Morgan fingerprint density at radius 2 is 1.58 bits per heavy atom. The molecule has 1 amide bonds. The molecule has 0 aliphatic heterocycles. The third kappa shape index (κ3) is 9.53. The SMILES string of the molecule is CC(C)OC(=O)CC(Cc1ccc(OS(=O)(=O)c2ccccc2)cc1)NC(=O)OC(C)(C)C. The van der Waals surface area contributed by atoms with Crippen molar-refractivity contribution in [1.82, 2.24) is 5.32 Å². The smallest absolute Gasteiger partial charge is 0.407 e. The Labute approximate surface area is 195 Å². The Morgan fingerprint density at radius 3 is 2.12 bits per heavy atom. The van der Waals surface area contributed by atoms with Gasteiger partial charge in [-0.3, -0.25) is 4.79 Å². The van der Waals surface area contributed by atoms with Crippen LogP contribution in [0.2, 0.25) is 0 Å². The lowest BCUT2D eigenvalue weighted by atomic mass is 10.0. The number of carbonyl (C=O) groups is 2. The van der Waals surface area contributed by atoms with Crippen molar-refractivity contribution in [3.05, 3.63) is 60.2 Å². The summed E-state index contributed by atoms with van der Waals surface area (Å²) in [5, 5.41) is 2.71. The first-order valence-corrected chi connectivity index (χ1v) is 12.0. The minimum Gasteiger partial charge on any atom is -0.463 e. The van der Waals surface area contributed by atoms with E-state index in [1.165, 1.54) is 24.3 Å². The van der Waals surface area contributed by atoms with E-state index < -0.39 is 33.8 Å². The van der Waals surface area contributed by atoms with E-state index in [0.29, 0.717) is 6.42 Å². The molecule has 0 aliphatic rings. The molecule has 0 aromatic heterocycles. The fraction of sp³-hybridized carbons (Fsp3) is 0.417. The molecule has 8 nitrogen and oxygen atoms in total. The van der Waals surface area contributed by atoms with Crippen molar-refractivity contribution < 1.29 is 31.7 Å². The molecule has 0 fully saturated rings.